The highest BCUT2D eigenvalue weighted by Crippen LogP contribution is 2.36. The Morgan fingerprint density at radius 2 is 2.12 bits per heavy atom. The van der Waals surface area contributed by atoms with Crippen LogP contribution in [-0.2, 0) is 0 Å². The summed E-state index contributed by atoms with van der Waals surface area (Å²) < 4.78 is 0. The van der Waals surface area contributed by atoms with Gasteiger partial charge in [0.05, 0.1) is 11.3 Å². The molecular weight excluding hydrogens is 210 g/mol. The first-order chi connectivity index (χ1) is 8.33. The smallest absolute Gasteiger partial charge is 0.101 e. The number of anilines is 1. The monoisotopic (exact) mass is 227 g/mol. The first-order valence-electron chi connectivity index (χ1n) is 6.28. The van der Waals surface area contributed by atoms with E-state index in [2.05, 4.69) is 22.4 Å². The molecule has 1 aromatic carbocycles. The van der Waals surface area contributed by atoms with Gasteiger partial charge in [-0.2, -0.15) is 5.26 Å². The standard InChI is InChI=1S/C14H17N3/c15-8-12-4-1-2-5-13(12)17-7-3-6-14(11-17)9-16-10-14/h1-2,4-5,16H,3,6-7,9-11H2. The Labute approximate surface area is 102 Å². The first-order valence-corrected chi connectivity index (χ1v) is 6.28. The molecule has 1 aromatic rings. The molecule has 0 aliphatic carbocycles. The summed E-state index contributed by atoms with van der Waals surface area (Å²) in [6, 6.07) is 10.2. The lowest BCUT2D eigenvalue weighted by molar-refractivity contribution is 0.138. The zero-order valence-corrected chi connectivity index (χ0v) is 9.95. The Balaban J connectivity index is 1.86. The maximum Gasteiger partial charge on any atom is 0.101 e. The van der Waals surface area contributed by atoms with E-state index in [0.717, 1.165) is 37.4 Å². The van der Waals surface area contributed by atoms with Crippen molar-refractivity contribution in [1.29, 1.82) is 5.26 Å². The molecule has 2 aliphatic rings. The second kappa shape index (κ2) is 4.05. The van der Waals surface area contributed by atoms with Crippen molar-refractivity contribution in [3.63, 3.8) is 0 Å². The number of hydrogen-bond acceptors (Lipinski definition) is 3. The summed E-state index contributed by atoms with van der Waals surface area (Å²) in [6.07, 6.45) is 2.56. The number of nitrogens with one attached hydrogen (secondary N) is 1. The first kappa shape index (κ1) is 10.6. The molecule has 88 valence electrons. The van der Waals surface area contributed by atoms with Gasteiger partial charge < -0.3 is 10.2 Å². The van der Waals surface area contributed by atoms with E-state index in [1.54, 1.807) is 0 Å². The van der Waals surface area contributed by atoms with E-state index >= 15 is 0 Å². The number of para-hydroxylation sites is 1. The third kappa shape index (κ3) is 1.79. The number of benzene rings is 1. The molecule has 3 heteroatoms. The lowest BCUT2D eigenvalue weighted by Gasteiger charge is -2.50. The van der Waals surface area contributed by atoms with Gasteiger partial charge in [-0.25, -0.2) is 0 Å². The molecule has 2 fully saturated rings. The third-order valence-corrected chi connectivity index (χ3v) is 4.03. The molecule has 0 radical (unpaired) electrons. The van der Waals surface area contributed by atoms with Crippen molar-refractivity contribution in [3.8, 4) is 6.07 Å². The van der Waals surface area contributed by atoms with E-state index < -0.39 is 0 Å². The van der Waals surface area contributed by atoms with Gasteiger partial charge in [0.2, 0.25) is 0 Å². The minimum absolute atomic E-state index is 0.473. The van der Waals surface area contributed by atoms with Crippen molar-refractivity contribution in [2.45, 2.75) is 12.8 Å². The van der Waals surface area contributed by atoms with Crippen LogP contribution in [0.4, 0.5) is 5.69 Å². The van der Waals surface area contributed by atoms with Crippen molar-refractivity contribution in [1.82, 2.24) is 5.32 Å². The van der Waals surface area contributed by atoms with Gasteiger partial charge in [-0.3, -0.25) is 0 Å². The lowest BCUT2D eigenvalue weighted by atomic mass is 9.75. The summed E-state index contributed by atoms with van der Waals surface area (Å²) in [5, 5.41) is 12.5. The van der Waals surface area contributed by atoms with Crippen LogP contribution in [0.15, 0.2) is 24.3 Å². The van der Waals surface area contributed by atoms with E-state index in [9.17, 15) is 0 Å². The second-order valence-electron chi connectivity index (χ2n) is 5.26. The zero-order valence-electron chi connectivity index (χ0n) is 9.95. The number of piperidine rings is 1. The minimum atomic E-state index is 0.473. The van der Waals surface area contributed by atoms with Gasteiger partial charge >= 0.3 is 0 Å². The Morgan fingerprint density at radius 3 is 2.82 bits per heavy atom. The fourth-order valence-corrected chi connectivity index (χ4v) is 3.02. The van der Waals surface area contributed by atoms with Crippen molar-refractivity contribution in [3.05, 3.63) is 29.8 Å². The fourth-order valence-electron chi connectivity index (χ4n) is 3.02. The van der Waals surface area contributed by atoms with E-state index in [4.69, 9.17) is 5.26 Å². The molecule has 2 heterocycles. The molecule has 2 aliphatic heterocycles. The predicted octanol–water partition coefficient (Wildman–Crippen LogP) is 1.75. The molecule has 17 heavy (non-hydrogen) atoms. The molecule has 0 atom stereocenters. The molecule has 3 rings (SSSR count). The predicted molar refractivity (Wildman–Crippen MR) is 67.9 cm³/mol. The van der Waals surface area contributed by atoms with E-state index in [-0.39, 0.29) is 0 Å². The number of rotatable bonds is 1. The van der Waals surface area contributed by atoms with Gasteiger partial charge in [-0.05, 0) is 25.0 Å². The van der Waals surface area contributed by atoms with Crippen LogP contribution in [-0.4, -0.2) is 26.2 Å². The van der Waals surface area contributed by atoms with Crippen LogP contribution < -0.4 is 10.2 Å². The molecule has 0 bridgehead atoms. The van der Waals surface area contributed by atoms with Crippen LogP contribution >= 0.6 is 0 Å². The maximum atomic E-state index is 9.16. The molecule has 0 saturated carbocycles. The average Bonchev–Trinajstić information content (AvgIpc) is 2.37. The van der Waals surface area contributed by atoms with Gasteiger partial charge in [0.25, 0.3) is 0 Å². The van der Waals surface area contributed by atoms with E-state index in [1.165, 1.54) is 12.8 Å². The normalized spacial score (nSPS) is 21.9. The summed E-state index contributed by atoms with van der Waals surface area (Å²) in [6.45, 7) is 4.45. The number of hydrogen-bond donors (Lipinski definition) is 1. The summed E-state index contributed by atoms with van der Waals surface area (Å²) in [4.78, 5) is 2.39. The van der Waals surface area contributed by atoms with Crippen LogP contribution in [0, 0.1) is 16.7 Å². The van der Waals surface area contributed by atoms with E-state index in [0.29, 0.717) is 5.41 Å². The average molecular weight is 227 g/mol. The largest absolute Gasteiger partial charge is 0.370 e. The number of nitriles is 1. The van der Waals surface area contributed by atoms with Crippen molar-refractivity contribution in [2.24, 2.45) is 5.41 Å². The zero-order chi connectivity index (χ0) is 11.7. The van der Waals surface area contributed by atoms with Crippen molar-refractivity contribution in [2.75, 3.05) is 31.1 Å². The van der Waals surface area contributed by atoms with E-state index in [1.807, 2.05) is 18.2 Å². The van der Waals surface area contributed by atoms with Crippen LogP contribution in [0.5, 0.6) is 0 Å². The summed E-state index contributed by atoms with van der Waals surface area (Å²) in [7, 11) is 0. The molecule has 0 unspecified atom stereocenters. The highest BCUT2D eigenvalue weighted by molar-refractivity contribution is 5.59. The van der Waals surface area contributed by atoms with Gasteiger partial charge in [0, 0.05) is 31.6 Å². The highest BCUT2D eigenvalue weighted by atomic mass is 15.2. The lowest BCUT2D eigenvalue weighted by Crippen LogP contribution is -2.61. The fraction of sp³-hybridized carbons (Fsp3) is 0.500. The topological polar surface area (TPSA) is 39.1 Å². The molecule has 1 spiro atoms. The van der Waals surface area contributed by atoms with Crippen molar-refractivity contribution < 1.29 is 0 Å². The molecular formula is C14H17N3. The highest BCUT2D eigenvalue weighted by Gasteiger charge is 2.40. The molecule has 2 saturated heterocycles. The quantitative estimate of drug-likeness (QED) is 0.794. The Hall–Kier alpha value is -1.53. The van der Waals surface area contributed by atoms with Crippen LogP contribution in [0.1, 0.15) is 18.4 Å². The molecule has 3 nitrogen and oxygen atoms in total. The maximum absolute atomic E-state index is 9.16. The third-order valence-electron chi connectivity index (χ3n) is 4.03. The Bertz CT molecular complexity index is 457. The Kier molecular flexibility index (Phi) is 2.53. The van der Waals surface area contributed by atoms with Crippen LogP contribution in [0.2, 0.25) is 0 Å². The molecule has 0 amide bonds. The summed E-state index contributed by atoms with van der Waals surface area (Å²) >= 11 is 0. The van der Waals surface area contributed by atoms with Gasteiger partial charge in [-0.1, -0.05) is 12.1 Å². The van der Waals surface area contributed by atoms with Crippen LogP contribution in [0.3, 0.4) is 0 Å². The SMILES string of the molecule is N#Cc1ccccc1N1CCCC2(CNC2)C1. The van der Waals surface area contributed by atoms with Crippen molar-refractivity contribution >= 4 is 5.69 Å². The number of nitrogens with zero attached hydrogens (tertiary/aromatic N) is 2. The van der Waals surface area contributed by atoms with Gasteiger partial charge in [0.15, 0.2) is 0 Å². The summed E-state index contributed by atoms with van der Waals surface area (Å²) in [5.41, 5.74) is 2.39. The van der Waals surface area contributed by atoms with Gasteiger partial charge in [-0.15, -0.1) is 0 Å². The summed E-state index contributed by atoms with van der Waals surface area (Å²) in [5.74, 6) is 0. The molecule has 1 N–H and O–H groups in total. The van der Waals surface area contributed by atoms with Crippen LogP contribution in [0.25, 0.3) is 0 Å². The Morgan fingerprint density at radius 1 is 1.29 bits per heavy atom. The van der Waals surface area contributed by atoms with Gasteiger partial charge in [0.1, 0.15) is 6.07 Å². The minimum Gasteiger partial charge on any atom is -0.370 e. The molecule has 0 aromatic heterocycles. The second-order valence-corrected chi connectivity index (χ2v) is 5.26.